The summed E-state index contributed by atoms with van der Waals surface area (Å²) in [7, 11) is 0. The summed E-state index contributed by atoms with van der Waals surface area (Å²) in [5, 5.41) is 17.2. The summed E-state index contributed by atoms with van der Waals surface area (Å²) in [5.41, 5.74) is 5.26. The third-order valence-corrected chi connectivity index (χ3v) is 3.41. The van der Waals surface area contributed by atoms with Gasteiger partial charge in [0.2, 0.25) is 0 Å². The number of carbonyl (C=O) groups excluding carboxylic acids is 2. The van der Waals surface area contributed by atoms with Crippen LogP contribution in [0.4, 0.5) is 0 Å². The highest BCUT2D eigenvalue weighted by Gasteiger charge is 2.16. The molecule has 0 spiro atoms. The third kappa shape index (κ3) is 2.95. The van der Waals surface area contributed by atoms with Crippen LogP contribution in [0.5, 0.6) is 5.75 Å². The molecule has 0 saturated carbocycles. The van der Waals surface area contributed by atoms with Crippen LogP contribution in [0, 0.1) is 0 Å². The van der Waals surface area contributed by atoms with Gasteiger partial charge >= 0.3 is 0 Å². The van der Waals surface area contributed by atoms with Crippen LogP contribution in [0.1, 0.15) is 20.8 Å². The molecule has 116 valence electrons. The van der Waals surface area contributed by atoms with E-state index in [1.165, 1.54) is 18.2 Å². The Morgan fingerprint density at radius 3 is 2.65 bits per heavy atom. The number of benzene rings is 2. The van der Waals surface area contributed by atoms with E-state index >= 15 is 0 Å². The Kier molecular flexibility index (Phi) is 3.86. The number of para-hydroxylation sites is 1. The Balaban J connectivity index is 1.74. The zero-order chi connectivity index (χ0) is 16.4. The van der Waals surface area contributed by atoms with Gasteiger partial charge in [0.25, 0.3) is 11.8 Å². The molecule has 4 N–H and O–H groups in total. The number of hydrogen-bond acceptors (Lipinski definition) is 4. The number of rotatable bonds is 2. The Bertz CT molecular complexity index is 907. The summed E-state index contributed by atoms with van der Waals surface area (Å²) in [4.78, 5) is 24.1. The molecular formula is C15H11ClN4O3. The van der Waals surface area contributed by atoms with E-state index < -0.39 is 11.8 Å². The van der Waals surface area contributed by atoms with Gasteiger partial charge in [-0.25, -0.2) is 0 Å². The smallest absolute Gasteiger partial charge is 0.290 e. The molecule has 1 heterocycles. The second kappa shape index (κ2) is 5.98. The van der Waals surface area contributed by atoms with Gasteiger partial charge in [-0.05, 0) is 24.3 Å². The van der Waals surface area contributed by atoms with Crippen molar-refractivity contribution >= 4 is 34.3 Å². The number of carbonyl (C=O) groups is 2. The molecule has 0 saturated heterocycles. The molecule has 0 aliphatic heterocycles. The fourth-order valence-corrected chi connectivity index (χ4v) is 2.24. The number of aromatic nitrogens is 2. The van der Waals surface area contributed by atoms with Gasteiger partial charge in [0.05, 0.1) is 11.1 Å². The molecular weight excluding hydrogens is 320 g/mol. The second-order valence-corrected chi connectivity index (χ2v) is 5.12. The fraction of sp³-hybridized carbons (Fsp3) is 0. The average molecular weight is 331 g/mol. The van der Waals surface area contributed by atoms with Crippen LogP contribution < -0.4 is 10.9 Å². The van der Waals surface area contributed by atoms with Crippen LogP contribution in [0.15, 0.2) is 42.5 Å². The number of hydrazine groups is 1. The van der Waals surface area contributed by atoms with Crippen molar-refractivity contribution in [3.8, 4) is 5.75 Å². The van der Waals surface area contributed by atoms with E-state index in [-0.39, 0.29) is 22.0 Å². The van der Waals surface area contributed by atoms with Gasteiger partial charge < -0.3 is 5.11 Å². The quantitative estimate of drug-likeness (QED) is 0.539. The second-order valence-electron chi connectivity index (χ2n) is 4.69. The maximum Gasteiger partial charge on any atom is 0.290 e. The van der Waals surface area contributed by atoms with E-state index in [2.05, 4.69) is 21.0 Å². The lowest BCUT2D eigenvalue weighted by atomic mass is 10.2. The summed E-state index contributed by atoms with van der Waals surface area (Å²) >= 11 is 5.78. The maximum atomic E-state index is 12.1. The molecule has 0 bridgehead atoms. The molecule has 2 aromatic carbocycles. The summed E-state index contributed by atoms with van der Waals surface area (Å²) < 4.78 is 0. The van der Waals surface area contributed by atoms with Gasteiger partial charge in [0.1, 0.15) is 5.75 Å². The number of nitrogens with zero attached hydrogens (tertiary/aromatic N) is 1. The minimum atomic E-state index is -0.696. The van der Waals surface area contributed by atoms with Crippen LogP contribution in [0.25, 0.3) is 10.9 Å². The zero-order valence-corrected chi connectivity index (χ0v) is 12.4. The molecule has 0 unspecified atom stereocenters. The molecule has 3 aromatic rings. The van der Waals surface area contributed by atoms with Crippen molar-refractivity contribution in [1.29, 1.82) is 0 Å². The number of nitrogens with one attached hydrogen (secondary N) is 3. The van der Waals surface area contributed by atoms with Crippen LogP contribution >= 0.6 is 11.6 Å². The SMILES string of the molecule is O=C(NNC(=O)c1n[nH]c2ccccc12)c1cc(Cl)ccc1O. The maximum absolute atomic E-state index is 12.1. The van der Waals surface area contributed by atoms with Gasteiger partial charge in [-0.3, -0.25) is 25.5 Å². The number of aromatic hydroxyl groups is 1. The van der Waals surface area contributed by atoms with Crippen molar-refractivity contribution in [3.63, 3.8) is 0 Å². The Hall–Kier alpha value is -3.06. The Labute approximate surface area is 135 Å². The number of halogens is 1. The molecule has 0 radical (unpaired) electrons. The molecule has 2 amide bonds. The van der Waals surface area contributed by atoms with Gasteiger partial charge in [0, 0.05) is 10.4 Å². The minimum absolute atomic E-state index is 0.0512. The van der Waals surface area contributed by atoms with Crippen molar-refractivity contribution in [3.05, 3.63) is 58.7 Å². The van der Waals surface area contributed by atoms with E-state index in [9.17, 15) is 14.7 Å². The first-order valence-corrected chi connectivity index (χ1v) is 6.96. The van der Waals surface area contributed by atoms with Crippen molar-refractivity contribution in [2.75, 3.05) is 0 Å². The van der Waals surface area contributed by atoms with Crippen LogP contribution in [0.2, 0.25) is 5.02 Å². The molecule has 3 rings (SSSR count). The number of H-pyrrole nitrogens is 1. The van der Waals surface area contributed by atoms with E-state index in [1.54, 1.807) is 18.2 Å². The molecule has 0 aliphatic rings. The predicted molar refractivity (Wildman–Crippen MR) is 84.1 cm³/mol. The van der Waals surface area contributed by atoms with E-state index in [0.717, 1.165) is 0 Å². The molecule has 1 aromatic heterocycles. The van der Waals surface area contributed by atoms with Gasteiger partial charge in [-0.15, -0.1) is 0 Å². The summed E-state index contributed by atoms with van der Waals surface area (Å²) in [6.45, 7) is 0. The predicted octanol–water partition coefficient (Wildman–Crippen LogP) is 2.00. The van der Waals surface area contributed by atoms with Crippen molar-refractivity contribution < 1.29 is 14.7 Å². The van der Waals surface area contributed by atoms with Crippen LogP contribution in [-0.4, -0.2) is 27.1 Å². The highest BCUT2D eigenvalue weighted by Crippen LogP contribution is 2.21. The topological polar surface area (TPSA) is 107 Å². The monoisotopic (exact) mass is 330 g/mol. The molecule has 0 atom stereocenters. The highest BCUT2D eigenvalue weighted by molar-refractivity contribution is 6.31. The fourth-order valence-electron chi connectivity index (χ4n) is 2.07. The molecule has 23 heavy (non-hydrogen) atoms. The number of fused-ring (bicyclic) bond motifs is 1. The standard InChI is InChI=1S/C15H11ClN4O3/c16-8-5-6-12(21)10(7-8)14(22)19-20-15(23)13-9-3-1-2-4-11(9)17-18-13/h1-7,21H,(H,17,18)(H,19,22)(H,20,23). The lowest BCUT2D eigenvalue weighted by Gasteiger charge is -2.08. The first kappa shape index (κ1) is 14.9. The number of aromatic amines is 1. The summed E-state index contributed by atoms with van der Waals surface area (Å²) in [6.07, 6.45) is 0. The highest BCUT2D eigenvalue weighted by atomic mass is 35.5. The lowest BCUT2D eigenvalue weighted by molar-refractivity contribution is 0.0843. The van der Waals surface area contributed by atoms with Crippen molar-refractivity contribution in [2.24, 2.45) is 0 Å². The van der Waals surface area contributed by atoms with Gasteiger partial charge in [0.15, 0.2) is 5.69 Å². The van der Waals surface area contributed by atoms with E-state index in [4.69, 9.17) is 11.6 Å². The van der Waals surface area contributed by atoms with Gasteiger partial charge in [-0.2, -0.15) is 5.10 Å². The normalized spacial score (nSPS) is 10.5. The minimum Gasteiger partial charge on any atom is -0.507 e. The number of phenolic OH excluding ortho intramolecular Hbond substituents is 1. The summed E-state index contributed by atoms with van der Waals surface area (Å²) in [6, 6.07) is 11.1. The Morgan fingerprint density at radius 1 is 1.09 bits per heavy atom. The summed E-state index contributed by atoms with van der Waals surface area (Å²) in [5.74, 6) is -1.53. The molecule has 7 nitrogen and oxygen atoms in total. The van der Waals surface area contributed by atoms with Crippen LogP contribution in [-0.2, 0) is 0 Å². The van der Waals surface area contributed by atoms with E-state index in [0.29, 0.717) is 10.9 Å². The van der Waals surface area contributed by atoms with E-state index in [1.807, 2.05) is 6.07 Å². The number of amides is 2. The molecule has 0 fully saturated rings. The van der Waals surface area contributed by atoms with Crippen LogP contribution in [0.3, 0.4) is 0 Å². The van der Waals surface area contributed by atoms with Crippen molar-refractivity contribution in [2.45, 2.75) is 0 Å². The van der Waals surface area contributed by atoms with Crippen molar-refractivity contribution in [1.82, 2.24) is 21.0 Å². The first-order valence-electron chi connectivity index (χ1n) is 6.58. The molecule has 0 aliphatic carbocycles. The number of hydrogen-bond donors (Lipinski definition) is 4. The van der Waals surface area contributed by atoms with Gasteiger partial charge in [-0.1, -0.05) is 29.8 Å². The average Bonchev–Trinajstić information content (AvgIpc) is 2.98. The lowest BCUT2D eigenvalue weighted by Crippen LogP contribution is -2.41. The molecule has 8 heteroatoms. The zero-order valence-electron chi connectivity index (χ0n) is 11.6. The third-order valence-electron chi connectivity index (χ3n) is 3.18. The first-order chi connectivity index (χ1) is 11.1. The number of phenols is 1. The Morgan fingerprint density at radius 2 is 1.83 bits per heavy atom. The largest absolute Gasteiger partial charge is 0.507 e.